The van der Waals surface area contributed by atoms with Crippen LogP contribution in [0, 0.1) is 17.2 Å². The maximum atomic E-state index is 8.97. The summed E-state index contributed by atoms with van der Waals surface area (Å²) in [5, 5.41) is 8.97. The van der Waals surface area contributed by atoms with Crippen LogP contribution in [0.2, 0.25) is 0 Å². The van der Waals surface area contributed by atoms with Crippen molar-refractivity contribution in [2.75, 3.05) is 6.54 Å². The predicted octanol–water partition coefficient (Wildman–Crippen LogP) is 3.72. The van der Waals surface area contributed by atoms with Gasteiger partial charge < -0.3 is 0 Å². The zero-order chi connectivity index (χ0) is 10.9. The van der Waals surface area contributed by atoms with Crippen LogP contribution < -0.4 is 0 Å². The van der Waals surface area contributed by atoms with Crippen LogP contribution in [0.3, 0.4) is 0 Å². The van der Waals surface area contributed by atoms with Gasteiger partial charge in [0.25, 0.3) is 0 Å². The Kier molecular flexibility index (Phi) is 6.08. The van der Waals surface area contributed by atoms with E-state index < -0.39 is 0 Å². The number of aliphatic imine (C=N–C) groups is 1. The van der Waals surface area contributed by atoms with Crippen molar-refractivity contribution >= 4 is 5.71 Å². The third-order valence-corrected chi connectivity index (χ3v) is 3.06. The Morgan fingerprint density at radius 2 is 2.20 bits per heavy atom. The van der Waals surface area contributed by atoms with Gasteiger partial charge in [0.05, 0.1) is 12.0 Å². The number of nitriles is 1. The maximum absolute atomic E-state index is 8.97. The van der Waals surface area contributed by atoms with Gasteiger partial charge in [-0.1, -0.05) is 32.6 Å². The number of hydrogen-bond donors (Lipinski definition) is 0. The highest BCUT2D eigenvalue weighted by molar-refractivity contribution is 5.89. The Hall–Kier alpha value is -0.840. The van der Waals surface area contributed by atoms with E-state index in [-0.39, 0.29) is 5.92 Å². The molecule has 2 nitrogen and oxygen atoms in total. The van der Waals surface area contributed by atoms with Gasteiger partial charge >= 0.3 is 0 Å². The van der Waals surface area contributed by atoms with Gasteiger partial charge in [0.2, 0.25) is 0 Å². The first-order valence-corrected chi connectivity index (χ1v) is 6.31. The molecule has 0 aromatic carbocycles. The minimum atomic E-state index is 0.130. The second-order valence-corrected chi connectivity index (χ2v) is 4.36. The van der Waals surface area contributed by atoms with Gasteiger partial charge in [-0.3, -0.25) is 4.99 Å². The first-order chi connectivity index (χ1) is 7.38. The molecule has 1 rings (SSSR count). The third kappa shape index (κ3) is 4.46. The van der Waals surface area contributed by atoms with Crippen molar-refractivity contribution in [2.24, 2.45) is 10.9 Å². The van der Waals surface area contributed by atoms with Crippen molar-refractivity contribution in [3.63, 3.8) is 0 Å². The van der Waals surface area contributed by atoms with Crippen molar-refractivity contribution in [1.82, 2.24) is 0 Å². The fourth-order valence-electron chi connectivity index (χ4n) is 2.08. The molecule has 0 aromatic heterocycles. The van der Waals surface area contributed by atoms with Crippen LogP contribution >= 0.6 is 0 Å². The molecule has 0 saturated heterocycles. The van der Waals surface area contributed by atoms with Gasteiger partial charge in [-0.25, -0.2) is 0 Å². The molecule has 1 atom stereocenters. The zero-order valence-electron chi connectivity index (χ0n) is 9.84. The first-order valence-electron chi connectivity index (χ1n) is 6.31. The summed E-state index contributed by atoms with van der Waals surface area (Å²) in [7, 11) is 0. The van der Waals surface area contributed by atoms with E-state index in [1.807, 2.05) is 0 Å². The van der Waals surface area contributed by atoms with Crippen LogP contribution in [0.15, 0.2) is 4.99 Å². The minimum absolute atomic E-state index is 0.130. The first kappa shape index (κ1) is 12.2. The van der Waals surface area contributed by atoms with Crippen LogP contribution in [0.4, 0.5) is 0 Å². The van der Waals surface area contributed by atoms with E-state index >= 15 is 0 Å². The molecule has 1 fully saturated rings. The van der Waals surface area contributed by atoms with Crippen LogP contribution in [0.1, 0.15) is 58.3 Å². The molecular formula is C13H22N2. The summed E-state index contributed by atoms with van der Waals surface area (Å²) in [6.07, 6.45) is 9.58. The van der Waals surface area contributed by atoms with Crippen LogP contribution in [-0.4, -0.2) is 12.3 Å². The van der Waals surface area contributed by atoms with Crippen molar-refractivity contribution in [1.29, 1.82) is 5.26 Å². The second kappa shape index (κ2) is 7.45. The molecule has 0 amide bonds. The Bertz CT molecular complexity index is 237. The fourth-order valence-corrected chi connectivity index (χ4v) is 2.08. The molecule has 0 aliphatic heterocycles. The van der Waals surface area contributed by atoms with Crippen molar-refractivity contribution < 1.29 is 0 Å². The van der Waals surface area contributed by atoms with Gasteiger partial charge in [-0.15, -0.1) is 0 Å². The van der Waals surface area contributed by atoms with Gasteiger partial charge in [0.15, 0.2) is 0 Å². The highest BCUT2D eigenvalue weighted by Crippen LogP contribution is 2.21. The van der Waals surface area contributed by atoms with E-state index in [9.17, 15) is 0 Å². The minimum Gasteiger partial charge on any atom is -0.293 e. The molecule has 0 bridgehead atoms. The third-order valence-electron chi connectivity index (χ3n) is 3.06. The maximum Gasteiger partial charge on any atom is 0.0841 e. The van der Waals surface area contributed by atoms with E-state index in [1.54, 1.807) is 0 Å². The summed E-state index contributed by atoms with van der Waals surface area (Å²) in [5.74, 6) is 0.130. The van der Waals surface area contributed by atoms with Gasteiger partial charge in [0.1, 0.15) is 0 Å². The van der Waals surface area contributed by atoms with Crippen molar-refractivity contribution in [3.8, 4) is 6.07 Å². The van der Waals surface area contributed by atoms with E-state index in [2.05, 4.69) is 18.0 Å². The normalized spacial score (nSPS) is 24.0. The quantitative estimate of drug-likeness (QED) is 0.631. The zero-order valence-corrected chi connectivity index (χ0v) is 9.84. The molecule has 1 aliphatic carbocycles. The molecule has 84 valence electrons. The Morgan fingerprint density at radius 3 is 2.93 bits per heavy atom. The lowest BCUT2D eigenvalue weighted by Gasteiger charge is -2.18. The number of hydrogen-bond acceptors (Lipinski definition) is 2. The van der Waals surface area contributed by atoms with Gasteiger partial charge in [-0.05, 0) is 25.7 Å². The molecule has 1 saturated carbocycles. The van der Waals surface area contributed by atoms with Crippen molar-refractivity contribution in [3.05, 3.63) is 0 Å². The topological polar surface area (TPSA) is 36.1 Å². The lowest BCUT2D eigenvalue weighted by molar-refractivity contribution is 0.594. The number of nitrogens with zero attached hydrogens (tertiary/aromatic N) is 2. The molecule has 1 aliphatic rings. The summed E-state index contributed by atoms with van der Waals surface area (Å²) in [6, 6.07) is 2.38. The van der Waals surface area contributed by atoms with E-state index in [0.29, 0.717) is 0 Å². The monoisotopic (exact) mass is 206 g/mol. The Labute approximate surface area is 93.4 Å². The average molecular weight is 206 g/mol. The molecule has 1 unspecified atom stereocenters. The highest BCUT2D eigenvalue weighted by Gasteiger charge is 2.18. The standard InChI is InChI=1S/C13H22N2/c1-2-3-4-7-10-15-13-9-6-5-8-12(13)11-14/h12H,2-10H2,1H3/b15-13+. The lowest BCUT2D eigenvalue weighted by Crippen LogP contribution is -2.18. The predicted molar refractivity (Wildman–Crippen MR) is 64.0 cm³/mol. The average Bonchev–Trinajstić information content (AvgIpc) is 2.29. The van der Waals surface area contributed by atoms with Crippen molar-refractivity contribution in [2.45, 2.75) is 58.3 Å². The Balaban J connectivity index is 2.27. The number of rotatable bonds is 5. The van der Waals surface area contributed by atoms with E-state index in [0.717, 1.165) is 19.4 Å². The molecule has 0 aromatic rings. The summed E-state index contributed by atoms with van der Waals surface area (Å²) < 4.78 is 0. The summed E-state index contributed by atoms with van der Waals surface area (Å²) in [4.78, 5) is 4.60. The van der Waals surface area contributed by atoms with E-state index in [4.69, 9.17) is 5.26 Å². The molecular weight excluding hydrogens is 184 g/mol. The summed E-state index contributed by atoms with van der Waals surface area (Å²) in [6.45, 7) is 3.16. The highest BCUT2D eigenvalue weighted by atomic mass is 14.7. The van der Waals surface area contributed by atoms with E-state index in [1.165, 1.54) is 44.2 Å². The molecule has 0 spiro atoms. The SMILES string of the molecule is CCCCCC/N=C1\CCCCC1C#N. The lowest BCUT2D eigenvalue weighted by atomic mass is 9.88. The largest absolute Gasteiger partial charge is 0.293 e. The number of unbranched alkanes of at least 4 members (excludes halogenated alkanes) is 3. The van der Waals surface area contributed by atoms with Crippen LogP contribution in [0.25, 0.3) is 0 Å². The van der Waals surface area contributed by atoms with Crippen LogP contribution in [0.5, 0.6) is 0 Å². The van der Waals surface area contributed by atoms with Gasteiger partial charge in [0, 0.05) is 12.3 Å². The molecule has 0 N–H and O–H groups in total. The fraction of sp³-hybridized carbons (Fsp3) is 0.846. The second-order valence-electron chi connectivity index (χ2n) is 4.36. The van der Waals surface area contributed by atoms with Crippen LogP contribution in [-0.2, 0) is 0 Å². The smallest absolute Gasteiger partial charge is 0.0841 e. The summed E-state index contributed by atoms with van der Waals surface area (Å²) >= 11 is 0. The Morgan fingerprint density at radius 1 is 1.33 bits per heavy atom. The molecule has 0 heterocycles. The molecule has 15 heavy (non-hydrogen) atoms. The molecule has 2 heteroatoms. The van der Waals surface area contributed by atoms with Gasteiger partial charge in [-0.2, -0.15) is 5.26 Å². The molecule has 0 radical (unpaired) electrons. The summed E-state index contributed by atoms with van der Waals surface area (Å²) in [5.41, 5.74) is 1.18.